The largest absolute Gasteiger partial charge is 0.380 e. The van der Waals surface area contributed by atoms with Gasteiger partial charge in [0.2, 0.25) is 0 Å². The van der Waals surface area contributed by atoms with E-state index in [-0.39, 0.29) is 0 Å². The molecule has 0 atom stereocenters. The second-order valence-corrected chi connectivity index (χ2v) is 6.87. The van der Waals surface area contributed by atoms with Crippen molar-refractivity contribution >= 4 is 33.2 Å². The smallest absolute Gasteiger partial charge is 0.152 e. The van der Waals surface area contributed by atoms with Crippen molar-refractivity contribution in [1.82, 2.24) is 4.98 Å². The molecule has 2 aromatic rings. The molecule has 21 heavy (non-hydrogen) atoms. The number of anilines is 1. The summed E-state index contributed by atoms with van der Waals surface area (Å²) in [7, 11) is 0. The summed E-state index contributed by atoms with van der Waals surface area (Å²) in [5.74, 6) is 0.695. The third kappa shape index (κ3) is 3.78. The monoisotopic (exact) mass is 364 g/mol. The van der Waals surface area contributed by atoms with Crippen LogP contribution < -0.4 is 5.32 Å². The van der Waals surface area contributed by atoms with Crippen LogP contribution >= 0.6 is 27.5 Å². The quantitative estimate of drug-likeness (QED) is 0.712. The van der Waals surface area contributed by atoms with Gasteiger partial charge in [0.15, 0.2) is 5.15 Å². The summed E-state index contributed by atoms with van der Waals surface area (Å²) in [6.07, 6.45) is 6.51. The van der Waals surface area contributed by atoms with Gasteiger partial charge in [-0.2, -0.15) is 0 Å². The highest BCUT2D eigenvalue weighted by atomic mass is 79.9. The number of benzene rings is 1. The molecule has 1 heterocycles. The normalized spacial score (nSPS) is 22.0. The van der Waals surface area contributed by atoms with Crippen LogP contribution in [0.25, 0.3) is 0 Å². The average Bonchev–Trinajstić information content (AvgIpc) is 2.53. The van der Waals surface area contributed by atoms with E-state index in [4.69, 9.17) is 11.6 Å². The van der Waals surface area contributed by atoms with E-state index in [0.29, 0.717) is 17.1 Å². The van der Waals surface area contributed by atoms with Crippen LogP contribution in [0.2, 0.25) is 5.15 Å². The molecule has 1 saturated carbocycles. The first kappa shape index (κ1) is 14.9. The molecule has 1 N–H and O–H groups in total. The van der Waals surface area contributed by atoms with Gasteiger partial charge in [-0.25, -0.2) is 4.98 Å². The van der Waals surface area contributed by atoms with E-state index in [1.165, 1.54) is 31.2 Å². The van der Waals surface area contributed by atoms with Crippen molar-refractivity contribution in [3.8, 4) is 0 Å². The summed E-state index contributed by atoms with van der Waals surface area (Å²) in [6, 6.07) is 13.3. The number of hydrogen-bond acceptors (Lipinski definition) is 2. The zero-order chi connectivity index (χ0) is 14.7. The van der Waals surface area contributed by atoms with Crippen molar-refractivity contribution in [1.29, 1.82) is 0 Å². The van der Waals surface area contributed by atoms with E-state index in [1.807, 2.05) is 6.07 Å². The molecule has 0 aliphatic heterocycles. The van der Waals surface area contributed by atoms with Gasteiger partial charge < -0.3 is 5.32 Å². The molecular weight excluding hydrogens is 348 g/mol. The minimum atomic E-state index is 0.485. The standard InChI is InChI=1S/C17H18BrClN2/c18-14-10-16(17(19)20-11-14)21-15-8-6-13(7-9-15)12-4-2-1-3-5-12/h1-5,10-11,13,15,21H,6-9H2. The first-order valence-electron chi connectivity index (χ1n) is 7.35. The molecular formula is C17H18BrClN2. The zero-order valence-electron chi connectivity index (χ0n) is 11.7. The summed E-state index contributed by atoms with van der Waals surface area (Å²) < 4.78 is 0.951. The molecule has 1 aliphatic carbocycles. The predicted molar refractivity (Wildman–Crippen MR) is 92.0 cm³/mol. The molecule has 0 radical (unpaired) electrons. The maximum absolute atomic E-state index is 6.15. The molecule has 0 bridgehead atoms. The fourth-order valence-corrected chi connectivity index (χ4v) is 3.53. The summed E-state index contributed by atoms with van der Waals surface area (Å²) in [5.41, 5.74) is 2.40. The molecule has 1 aromatic carbocycles. The third-order valence-corrected chi connectivity index (χ3v) is 4.90. The molecule has 4 heteroatoms. The summed E-state index contributed by atoms with van der Waals surface area (Å²) in [6.45, 7) is 0. The Balaban J connectivity index is 1.60. The van der Waals surface area contributed by atoms with E-state index >= 15 is 0 Å². The van der Waals surface area contributed by atoms with E-state index in [2.05, 4.69) is 56.6 Å². The van der Waals surface area contributed by atoms with E-state index < -0.39 is 0 Å². The Morgan fingerprint density at radius 1 is 1.10 bits per heavy atom. The van der Waals surface area contributed by atoms with Crippen molar-refractivity contribution in [3.63, 3.8) is 0 Å². The lowest BCUT2D eigenvalue weighted by Gasteiger charge is -2.30. The lowest BCUT2D eigenvalue weighted by molar-refractivity contribution is 0.412. The average molecular weight is 366 g/mol. The number of nitrogens with one attached hydrogen (secondary N) is 1. The van der Waals surface area contributed by atoms with Crippen LogP contribution in [0.1, 0.15) is 37.2 Å². The van der Waals surface area contributed by atoms with Gasteiger partial charge in [0.05, 0.1) is 5.69 Å². The molecule has 3 rings (SSSR count). The Kier molecular flexibility index (Phi) is 4.81. The molecule has 1 aromatic heterocycles. The summed E-state index contributed by atoms with van der Waals surface area (Å²) >= 11 is 9.59. The minimum absolute atomic E-state index is 0.485. The molecule has 0 unspecified atom stereocenters. The van der Waals surface area contributed by atoms with Gasteiger partial charge in [0.25, 0.3) is 0 Å². The highest BCUT2D eigenvalue weighted by Gasteiger charge is 2.22. The van der Waals surface area contributed by atoms with Gasteiger partial charge in [-0.05, 0) is 59.2 Å². The Morgan fingerprint density at radius 3 is 2.52 bits per heavy atom. The van der Waals surface area contributed by atoms with Crippen molar-refractivity contribution in [2.24, 2.45) is 0 Å². The number of halogens is 2. The molecule has 0 amide bonds. The second-order valence-electron chi connectivity index (χ2n) is 5.60. The van der Waals surface area contributed by atoms with Gasteiger partial charge in [-0.1, -0.05) is 41.9 Å². The van der Waals surface area contributed by atoms with Gasteiger partial charge in [-0.3, -0.25) is 0 Å². The number of rotatable bonds is 3. The SMILES string of the molecule is Clc1ncc(Br)cc1NC1CCC(c2ccccc2)CC1. The molecule has 110 valence electrons. The first-order valence-corrected chi connectivity index (χ1v) is 8.52. The lowest BCUT2D eigenvalue weighted by Crippen LogP contribution is -2.25. The van der Waals surface area contributed by atoms with Crippen LogP contribution in [0.4, 0.5) is 5.69 Å². The third-order valence-electron chi connectivity index (χ3n) is 4.16. The lowest BCUT2D eigenvalue weighted by atomic mass is 9.82. The Bertz CT molecular complexity index is 595. The van der Waals surface area contributed by atoms with Crippen LogP contribution in [0, 0.1) is 0 Å². The predicted octanol–water partition coefficient (Wildman–Crippen LogP) is 5.64. The van der Waals surface area contributed by atoms with Gasteiger partial charge in [-0.15, -0.1) is 0 Å². The van der Waals surface area contributed by atoms with Crippen molar-refractivity contribution in [3.05, 3.63) is 57.8 Å². The molecule has 0 saturated heterocycles. The van der Waals surface area contributed by atoms with E-state index in [0.717, 1.165) is 10.2 Å². The van der Waals surface area contributed by atoms with Crippen LogP contribution in [0.15, 0.2) is 47.1 Å². The van der Waals surface area contributed by atoms with Gasteiger partial charge >= 0.3 is 0 Å². The van der Waals surface area contributed by atoms with Crippen molar-refractivity contribution in [2.75, 3.05) is 5.32 Å². The number of aromatic nitrogens is 1. The maximum atomic E-state index is 6.15. The Labute approximate surface area is 139 Å². The van der Waals surface area contributed by atoms with Crippen LogP contribution in [0.5, 0.6) is 0 Å². The van der Waals surface area contributed by atoms with E-state index in [1.54, 1.807) is 6.20 Å². The Morgan fingerprint density at radius 2 is 1.81 bits per heavy atom. The fraction of sp³-hybridized carbons (Fsp3) is 0.353. The van der Waals surface area contributed by atoms with Crippen LogP contribution in [0.3, 0.4) is 0 Å². The highest BCUT2D eigenvalue weighted by Crippen LogP contribution is 2.34. The molecule has 0 spiro atoms. The zero-order valence-corrected chi connectivity index (χ0v) is 14.1. The van der Waals surface area contributed by atoms with Gasteiger partial charge in [0, 0.05) is 16.7 Å². The van der Waals surface area contributed by atoms with Crippen molar-refractivity contribution < 1.29 is 0 Å². The maximum Gasteiger partial charge on any atom is 0.152 e. The number of hydrogen-bond donors (Lipinski definition) is 1. The fourth-order valence-electron chi connectivity index (χ4n) is 3.04. The van der Waals surface area contributed by atoms with Gasteiger partial charge in [0.1, 0.15) is 0 Å². The number of nitrogens with zero attached hydrogens (tertiary/aromatic N) is 1. The van der Waals surface area contributed by atoms with Crippen LogP contribution in [-0.4, -0.2) is 11.0 Å². The summed E-state index contributed by atoms with van der Waals surface area (Å²) in [5, 5.41) is 4.08. The molecule has 1 fully saturated rings. The van der Waals surface area contributed by atoms with E-state index in [9.17, 15) is 0 Å². The highest BCUT2D eigenvalue weighted by molar-refractivity contribution is 9.10. The topological polar surface area (TPSA) is 24.9 Å². The Hall–Kier alpha value is -1.06. The minimum Gasteiger partial charge on any atom is -0.380 e. The molecule has 1 aliphatic rings. The number of pyridine rings is 1. The van der Waals surface area contributed by atoms with Crippen molar-refractivity contribution in [2.45, 2.75) is 37.6 Å². The first-order chi connectivity index (χ1) is 10.2. The van der Waals surface area contributed by atoms with Crippen LogP contribution in [-0.2, 0) is 0 Å². The summed E-state index contributed by atoms with van der Waals surface area (Å²) in [4.78, 5) is 4.16. The molecule has 2 nitrogen and oxygen atoms in total. The second kappa shape index (κ2) is 6.80.